The summed E-state index contributed by atoms with van der Waals surface area (Å²) < 4.78 is 19.8. The smallest absolute Gasteiger partial charge is 0.311 e. The Balaban J connectivity index is 2.47. The van der Waals surface area contributed by atoms with E-state index in [0.29, 0.717) is 5.75 Å². The van der Waals surface area contributed by atoms with Gasteiger partial charge in [0.05, 0.1) is 4.92 Å². The van der Waals surface area contributed by atoms with Crippen molar-refractivity contribution in [2.24, 2.45) is 0 Å². The fraction of sp³-hybridized carbons (Fsp3) is 0.200. The van der Waals surface area contributed by atoms with E-state index in [1.54, 1.807) is 12.1 Å². The Morgan fingerprint density at radius 3 is 2.52 bits per heavy atom. The van der Waals surface area contributed by atoms with Crippen molar-refractivity contribution in [3.63, 3.8) is 0 Å². The largest absolute Gasteiger partial charge is 0.450 e. The first-order valence-corrected chi connectivity index (χ1v) is 7.09. The molecule has 0 N–H and O–H groups in total. The van der Waals surface area contributed by atoms with Gasteiger partial charge in [-0.15, -0.1) is 0 Å². The normalized spacial score (nSPS) is 10.7. The standard InChI is InChI=1S/C15H13BrFNO3/c1-9(2)12-7-10(16)3-6-14(12)21-15-8-11(17)4-5-13(15)18(19)20/h3-9H,1-2H3. The van der Waals surface area contributed by atoms with Gasteiger partial charge in [0, 0.05) is 16.6 Å². The van der Waals surface area contributed by atoms with Gasteiger partial charge in [0.25, 0.3) is 0 Å². The van der Waals surface area contributed by atoms with Gasteiger partial charge in [0.2, 0.25) is 5.75 Å². The lowest BCUT2D eigenvalue weighted by molar-refractivity contribution is -0.385. The van der Waals surface area contributed by atoms with Crippen LogP contribution in [0.25, 0.3) is 0 Å². The SMILES string of the molecule is CC(C)c1cc(Br)ccc1Oc1cc(F)ccc1[N+](=O)[O-]. The van der Waals surface area contributed by atoms with Gasteiger partial charge in [-0.05, 0) is 35.7 Å². The zero-order valence-corrected chi connectivity index (χ0v) is 13.1. The number of nitro groups is 1. The summed E-state index contributed by atoms with van der Waals surface area (Å²) in [5.74, 6) is -0.0601. The highest BCUT2D eigenvalue weighted by Gasteiger charge is 2.18. The molecule has 0 aliphatic carbocycles. The highest BCUT2D eigenvalue weighted by atomic mass is 79.9. The highest BCUT2D eigenvalue weighted by Crippen LogP contribution is 2.36. The van der Waals surface area contributed by atoms with E-state index in [1.807, 2.05) is 19.9 Å². The van der Waals surface area contributed by atoms with E-state index in [1.165, 1.54) is 0 Å². The number of ether oxygens (including phenoxy) is 1. The van der Waals surface area contributed by atoms with Gasteiger partial charge < -0.3 is 4.74 Å². The Labute approximate surface area is 129 Å². The molecule has 21 heavy (non-hydrogen) atoms. The minimum Gasteiger partial charge on any atom is -0.450 e. The third kappa shape index (κ3) is 3.58. The number of hydrogen-bond donors (Lipinski definition) is 0. The van der Waals surface area contributed by atoms with Crippen molar-refractivity contribution >= 4 is 21.6 Å². The Morgan fingerprint density at radius 1 is 1.19 bits per heavy atom. The second kappa shape index (κ2) is 6.22. The molecule has 110 valence electrons. The van der Waals surface area contributed by atoms with E-state index in [-0.39, 0.29) is 17.4 Å². The maximum absolute atomic E-state index is 13.3. The quantitative estimate of drug-likeness (QED) is 0.545. The van der Waals surface area contributed by atoms with E-state index in [9.17, 15) is 14.5 Å². The number of halogens is 2. The molecule has 0 amide bonds. The molecule has 0 aliphatic rings. The zero-order chi connectivity index (χ0) is 15.6. The molecule has 0 atom stereocenters. The first-order valence-electron chi connectivity index (χ1n) is 6.29. The Kier molecular flexibility index (Phi) is 4.57. The van der Waals surface area contributed by atoms with Crippen LogP contribution in [0.2, 0.25) is 0 Å². The summed E-state index contributed by atoms with van der Waals surface area (Å²) in [6.45, 7) is 3.96. The average Bonchev–Trinajstić information content (AvgIpc) is 2.40. The van der Waals surface area contributed by atoms with Gasteiger partial charge in [-0.25, -0.2) is 4.39 Å². The van der Waals surface area contributed by atoms with E-state index >= 15 is 0 Å². The van der Waals surface area contributed by atoms with Gasteiger partial charge in [-0.1, -0.05) is 29.8 Å². The minimum atomic E-state index is -0.595. The lowest BCUT2D eigenvalue weighted by Gasteiger charge is -2.14. The topological polar surface area (TPSA) is 52.4 Å². The predicted octanol–water partition coefficient (Wildman–Crippen LogP) is 5.41. The maximum atomic E-state index is 13.3. The fourth-order valence-electron chi connectivity index (χ4n) is 1.90. The monoisotopic (exact) mass is 353 g/mol. The first kappa shape index (κ1) is 15.4. The fourth-order valence-corrected chi connectivity index (χ4v) is 2.28. The van der Waals surface area contributed by atoms with Crippen LogP contribution in [0.15, 0.2) is 40.9 Å². The molecule has 0 aliphatic heterocycles. The Bertz CT molecular complexity index is 689. The third-order valence-corrected chi connectivity index (χ3v) is 3.43. The van der Waals surface area contributed by atoms with Crippen LogP contribution < -0.4 is 4.74 Å². The summed E-state index contributed by atoms with van der Waals surface area (Å²) in [4.78, 5) is 10.4. The maximum Gasteiger partial charge on any atom is 0.311 e. The second-order valence-electron chi connectivity index (χ2n) is 4.81. The van der Waals surface area contributed by atoms with Crippen molar-refractivity contribution < 1.29 is 14.1 Å². The molecule has 2 aromatic rings. The van der Waals surface area contributed by atoms with E-state index in [2.05, 4.69) is 15.9 Å². The van der Waals surface area contributed by atoms with Crippen LogP contribution in [-0.2, 0) is 0 Å². The molecule has 0 aromatic heterocycles. The van der Waals surface area contributed by atoms with Gasteiger partial charge in [-0.3, -0.25) is 10.1 Å². The van der Waals surface area contributed by atoms with Crippen molar-refractivity contribution in [1.29, 1.82) is 0 Å². The zero-order valence-electron chi connectivity index (χ0n) is 11.5. The first-order chi connectivity index (χ1) is 9.88. The van der Waals surface area contributed by atoms with Gasteiger partial charge >= 0.3 is 5.69 Å². The summed E-state index contributed by atoms with van der Waals surface area (Å²) in [6.07, 6.45) is 0. The molecular weight excluding hydrogens is 341 g/mol. The molecule has 2 aromatic carbocycles. The molecule has 0 spiro atoms. The number of rotatable bonds is 4. The van der Waals surface area contributed by atoms with Crippen molar-refractivity contribution in [1.82, 2.24) is 0 Å². The van der Waals surface area contributed by atoms with Crippen LogP contribution in [0.3, 0.4) is 0 Å². The van der Waals surface area contributed by atoms with E-state index in [0.717, 1.165) is 28.2 Å². The summed E-state index contributed by atoms with van der Waals surface area (Å²) in [5, 5.41) is 11.0. The van der Waals surface area contributed by atoms with Crippen molar-refractivity contribution in [3.05, 3.63) is 62.4 Å². The summed E-state index contributed by atoms with van der Waals surface area (Å²) in [7, 11) is 0. The molecule has 4 nitrogen and oxygen atoms in total. The number of benzene rings is 2. The van der Waals surface area contributed by atoms with E-state index in [4.69, 9.17) is 4.74 Å². The van der Waals surface area contributed by atoms with Crippen LogP contribution >= 0.6 is 15.9 Å². The predicted molar refractivity (Wildman–Crippen MR) is 81.4 cm³/mol. The molecule has 0 heterocycles. The highest BCUT2D eigenvalue weighted by molar-refractivity contribution is 9.10. The lowest BCUT2D eigenvalue weighted by atomic mass is 10.0. The minimum absolute atomic E-state index is 0.107. The molecule has 0 radical (unpaired) electrons. The number of hydrogen-bond acceptors (Lipinski definition) is 3. The average molecular weight is 354 g/mol. The van der Waals surface area contributed by atoms with Crippen LogP contribution in [-0.4, -0.2) is 4.92 Å². The molecule has 0 fully saturated rings. The van der Waals surface area contributed by atoms with Crippen molar-refractivity contribution in [3.8, 4) is 11.5 Å². The Morgan fingerprint density at radius 2 is 1.90 bits per heavy atom. The van der Waals surface area contributed by atoms with Crippen LogP contribution in [0.4, 0.5) is 10.1 Å². The van der Waals surface area contributed by atoms with Gasteiger partial charge in [-0.2, -0.15) is 0 Å². The summed E-state index contributed by atoms with van der Waals surface area (Å²) in [5.41, 5.74) is 0.608. The molecule has 0 saturated heterocycles. The van der Waals surface area contributed by atoms with E-state index < -0.39 is 10.7 Å². The molecular formula is C15H13BrFNO3. The van der Waals surface area contributed by atoms with Crippen LogP contribution in [0.1, 0.15) is 25.3 Å². The van der Waals surface area contributed by atoms with Gasteiger partial charge in [0.15, 0.2) is 0 Å². The Hall–Kier alpha value is -1.95. The third-order valence-electron chi connectivity index (χ3n) is 2.93. The van der Waals surface area contributed by atoms with Crippen LogP contribution in [0, 0.1) is 15.9 Å². The molecule has 0 saturated carbocycles. The van der Waals surface area contributed by atoms with Crippen LogP contribution in [0.5, 0.6) is 11.5 Å². The van der Waals surface area contributed by atoms with Crippen molar-refractivity contribution in [2.75, 3.05) is 0 Å². The second-order valence-corrected chi connectivity index (χ2v) is 5.72. The molecule has 0 bridgehead atoms. The number of nitro benzene ring substituents is 1. The summed E-state index contributed by atoms with van der Waals surface area (Å²) >= 11 is 3.38. The van der Waals surface area contributed by atoms with Gasteiger partial charge in [0.1, 0.15) is 11.6 Å². The molecule has 2 rings (SSSR count). The summed E-state index contributed by atoms with van der Waals surface area (Å²) in [6, 6.07) is 8.50. The molecule has 6 heteroatoms. The number of nitrogens with zero attached hydrogens (tertiary/aromatic N) is 1. The lowest BCUT2D eigenvalue weighted by Crippen LogP contribution is -1.98. The molecule has 0 unspecified atom stereocenters. The van der Waals surface area contributed by atoms with Crippen molar-refractivity contribution in [2.45, 2.75) is 19.8 Å².